The lowest BCUT2D eigenvalue weighted by molar-refractivity contribution is -0.152. The molecule has 1 aromatic carbocycles. The number of hydrogen-bond donors (Lipinski definition) is 2. The van der Waals surface area contributed by atoms with Gasteiger partial charge in [0.1, 0.15) is 18.1 Å². The molecule has 0 unspecified atom stereocenters. The Morgan fingerprint density at radius 2 is 1.96 bits per heavy atom. The molecule has 1 heterocycles. The molecule has 0 fully saturated rings. The number of aryl methyl sites for hydroxylation is 2. The highest BCUT2D eigenvalue weighted by atomic mass is 16.5. The van der Waals surface area contributed by atoms with Gasteiger partial charge in [-0.3, -0.25) is 9.59 Å². The first-order chi connectivity index (χ1) is 13.0. The van der Waals surface area contributed by atoms with Gasteiger partial charge in [0, 0.05) is 0 Å². The standard InChI is InChI=1S/C21H29N3O4/c1-13(2)17-8-7-14(3)9-18(17)28-21(5,6)20(27)24(12-19(25)26)11-16-10-22-15(4)23-16/h7-10,13H,11-12H2,1-6H3,(H,22,23)(H,25,26). The maximum absolute atomic E-state index is 13.2. The number of hydrogen-bond acceptors (Lipinski definition) is 4. The van der Waals surface area contributed by atoms with E-state index in [2.05, 4.69) is 23.8 Å². The second-order valence-corrected chi connectivity index (χ2v) is 7.86. The number of carboxylic acids is 1. The van der Waals surface area contributed by atoms with Gasteiger partial charge in [0.15, 0.2) is 5.60 Å². The van der Waals surface area contributed by atoms with E-state index < -0.39 is 24.0 Å². The summed E-state index contributed by atoms with van der Waals surface area (Å²) in [4.78, 5) is 32.9. The number of nitrogens with one attached hydrogen (secondary N) is 1. The van der Waals surface area contributed by atoms with E-state index in [-0.39, 0.29) is 12.5 Å². The maximum Gasteiger partial charge on any atom is 0.323 e. The summed E-state index contributed by atoms with van der Waals surface area (Å²) in [5, 5.41) is 9.26. The minimum atomic E-state index is -1.23. The van der Waals surface area contributed by atoms with Crippen LogP contribution in [0.5, 0.6) is 5.75 Å². The minimum absolute atomic E-state index is 0.115. The number of amides is 1. The summed E-state index contributed by atoms with van der Waals surface area (Å²) >= 11 is 0. The van der Waals surface area contributed by atoms with Crippen LogP contribution in [-0.4, -0.2) is 44.0 Å². The van der Waals surface area contributed by atoms with Crippen molar-refractivity contribution in [2.45, 2.75) is 59.6 Å². The number of carbonyl (C=O) groups is 2. The minimum Gasteiger partial charge on any atom is -0.480 e. The van der Waals surface area contributed by atoms with E-state index in [1.54, 1.807) is 27.0 Å². The SMILES string of the molecule is Cc1ccc(C(C)C)c(OC(C)(C)C(=O)N(CC(=O)O)Cc2cnc(C)[nH]2)c1. The highest BCUT2D eigenvalue weighted by Crippen LogP contribution is 2.31. The van der Waals surface area contributed by atoms with E-state index >= 15 is 0 Å². The molecule has 0 atom stereocenters. The number of aliphatic carboxylic acids is 1. The Labute approximate surface area is 165 Å². The fraction of sp³-hybridized carbons (Fsp3) is 0.476. The Morgan fingerprint density at radius 1 is 1.29 bits per heavy atom. The predicted octanol–water partition coefficient (Wildman–Crippen LogP) is 3.42. The van der Waals surface area contributed by atoms with Gasteiger partial charge >= 0.3 is 5.97 Å². The van der Waals surface area contributed by atoms with Crippen LogP contribution in [0.2, 0.25) is 0 Å². The third kappa shape index (κ3) is 5.34. The zero-order valence-electron chi connectivity index (χ0n) is 17.4. The van der Waals surface area contributed by atoms with Crippen molar-refractivity contribution in [3.63, 3.8) is 0 Å². The largest absolute Gasteiger partial charge is 0.480 e. The van der Waals surface area contributed by atoms with Gasteiger partial charge in [-0.05, 0) is 50.8 Å². The van der Waals surface area contributed by atoms with Crippen molar-refractivity contribution >= 4 is 11.9 Å². The molecule has 2 N–H and O–H groups in total. The Hall–Kier alpha value is -2.83. The molecule has 152 valence electrons. The molecule has 0 aliphatic rings. The van der Waals surface area contributed by atoms with Gasteiger partial charge in [-0.15, -0.1) is 0 Å². The third-order valence-corrected chi connectivity index (χ3v) is 4.40. The van der Waals surface area contributed by atoms with Crippen molar-refractivity contribution in [1.82, 2.24) is 14.9 Å². The lowest BCUT2D eigenvalue weighted by Gasteiger charge is -2.32. The lowest BCUT2D eigenvalue weighted by atomic mass is 9.99. The molecule has 1 amide bonds. The summed E-state index contributed by atoms with van der Waals surface area (Å²) < 4.78 is 6.13. The zero-order chi connectivity index (χ0) is 21.1. The number of carbonyl (C=O) groups excluding carboxylic acids is 1. The second-order valence-electron chi connectivity index (χ2n) is 7.86. The number of nitrogens with zero attached hydrogens (tertiary/aromatic N) is 2. The number of imidazole rings is 1. The van der Waals surface area contributed by atoms with E-state index in [4.69, 9.17) is 4.74 Å². The predicted molar refractivity (Wildman–Crippen MR) is 106 cm³/mol. The first-order valence-electron chi connectivity index (χ1n) is 9.31. The summed E-state index contributed by atoms with van der Waals surface area (Å²) in [5.41, 5.74) is 1.46. The molecule has 0 saturated heterocycles. The van der Waals surface area contributed by atoms with Gasteiger partial charge in [0.05, 0.1) is 18.4 Å². The molecular formula is C21H29N3O4. The molecule has 0 aliphatic heterocycles. The number of carboxylic acid groups (broad SMARTS) is 1. The molecule has 0 spiro atoms. The van der Waals surface area contributed by atoms with E-state index in [1.165, 1.54) is 4.90 Å². The van der Waals surface area contributed by atoms with Gasteiger partial charge < -0.3 is 19.7 Å². The normalized spacial score (nSPS) is 11.5. The van der Waals surface area contributed by atoms with Crippen molar-refractivity contribution in [3.8, 4) is 5.75 Å². The summed E-state index contributed by atoms with van der Waals surface area (Å²) in [5.74, 6) is 0.0809. The fourth-order valence-electron chi connectivity index (χ4n) is 3.03. The molecule has 0 bridgehead atoms. The fourth-order valence-corrected chi connectivity index (χ4v) is 3.03. The maximum atomic E-state index is 13.2. The van der Waals surface area contributed by atoms with Gasteiger partial charge in [-0.2, -0.15) is 0 Å². The van der Waals surface area contributed by atoms with Crippen LogP contribution in [0.4, 0.5) is 0 Å². The smallest absolute Gasteiger partial charge is 0.323 e. The van der Waals surface area contributed by atoms with Crippen molar-refractivity contribution in [2.75, 3.05) is 6.54 Å². The topological polar surface area (TPSA) is 95.5 Å². The number of aromatic amines is 1. The summed E-state index contributed by atoms with van der Waals surface area (Å²) in [6.07, 6.45) is 1.60. The van der Waals surface area contributed by atoms with Crippen LogP contribution in [0.1, 0.15) is 56.3 Å². The summed E-state index contributed by atoms with van der Waals surface area (Å²) in [6, 6.07) is 5.91. The zero-order valence-corrected chi connectivity index (χ0v) is 17.4. The number of H-pyrrole nitrogens is 1. The molecule has 0 radical (unpaired) electrons. The third-order valence-electron chi connectivity index (χ3n) is 4.40. The molecule has 28 heavy (non-hydrogen) atoms. The number of ether oxygens (including phenoxy) is 1. The van der Waals surface area contributed by atoms with Crippen LogP contribution >= 0.6 is 0 Å². The second kappa shape index (κ2) is 8.46. The van der Waals surface area contributed by atoms with Gasteiger partial charge in [0.2, 0.25) is 0 Å². The highest BCUT2D eigenvalue weighted by molar-refractivity contribution is 5.87. The number of rotatable bonds is 8. The highest BCUT2D eigenvalue weighted by Gasteiger charge is 2.36. The van der Waals surface area contributed by atoms with Gasteiger partial charge in [-0.1, -0.05) is 26.0 Å². The Kier molecular flexibility index (Phi) is 6.48. The summed E-state index contributed by atoms with van der Waals surface area (Å²) in [6.45, 7) is 10.9. The van der Waals surface area contributed by atoms with E-state index in [0.717, 1.165) is 11.1 Å². The number of benzene rings is 1. The van der Waals surface area contributed by atoms with E-state index in [0.29, 0.717) is 17.3 Å². The van der Waals surface area contributed by atoms with Crippen LogP contribution < -0.4 is 4.74 Å². The molecule has 0 aliphatic carbocycles. The Morgan fingerprint density at radius 3 is 2.50 bits per heavy atom. The molecule has 0 saturated carbocycles. The molecule has 7 nitrogen and oxygen atoms in total. The summed E-state index contributed by atoms with van der Waals surface area (Å²) in [7, 11) is 0. The van der Waals surface area contributed by atoms with Crippen LogP contribution in [0.15, 0.2) is 24.4 Å². The first-order valence-corrected chi connectivity index (χ1v) is 9.31. The van der Waals surface area contributed by atoms with Gasteiger partial charge in [0.25, 0.3) is 5.91 Å². The average Bonchev–Trinajstić information content (AvgIpc) is 2.97. The quantitative estimate of drug-likeness (QED) is 0.724. The Balaban J connectivity index is 2.29. The molecule has 1 aromatic heterocycles. The monoisotopic (exact) mass is 387 g/mol. The van der Waals surface area contributed by atoms with Crippen LogP contribution in [0.25, 0.3) is 0 Å². The van der Waals surface area contributed by atoms with Crippen LogP contribution in [0.3, 0.4) is 0 Å². The van der Waals surface area contributed by atoms with Crippen LogP contribution in [-0.2, 0) is 16.1 Å². The number of aromatic nitrogens is 2. The van der Waals surface area contributed by atoms with Crippen molar-refractivity contribution < 1.29 is 19.4 Å². The van der Waals surface area contributed by atoms with Crippen molar-refractivity contribution in [1.29, 1.82) is 0 Å². The molecular weight excluding hydrogens is 358 g/mol. The molecule has 2 aromatic rings. The van der Waals surface area contributed by atoms with Gasteiger partial charge in [-0.25, -0.2) is 4.98 Å². The Bertz CT molecular complexity index is 855. The van der Waals surface area contributed by atoms with Crippen molar-refractivity contribution in [3.05, 3.63) is 47.0 Å². The first kappa shape index (κ1) is 21.5. The molecule has 2 rings (SSSR count). The van der Waals surface area contributed by atoms with E-state index in [9.17, 15) is 14.7 Å². The van der Waals surface area contributed by atoms with E-state index in [1.807, 2.05) is 25.1 Å². The van der Waals surface area contributed by atoms with Crippen molar-refractivity contribution in [2.24, 2.45) is 0 Å². The molecule has 7 heteroatoms. The average molecular weight is 387 g/mol. The van der Waals surface area contributed by atoms with Crippen LogP contribution in [0, 0.1) is 13.8 Å². The lowest BCUT2D eigenvalue weighted by Crippen LogP contribution is -2.50.